The van der Waals surface area contributed by atoms with Crippen LogP contribution < -0.4 is 10.6 Å². The van der Waals surface area contributed by atoms with Gasteiger partial charge in [-0.1, -0.05) is 13.3 Å². The van der Waals surface area contributed by atoms with Crippen LogP contribution in [0.4, 0.5) is 5.82 Å². The van der Waals surface area contributed by atoms with Gasteiger partial charge in [0.15, 0.2) is 5.69 Å². The largest absolute Gasteiger partial charge is 0.368 e. The fourth-order valence-corrected chi connectivity index (χ4v) is 2.60. The fourth-order valence-electron chi connectivity index (χ4n) is 2.60. The van der Waals surface area contributed by atoms with Crippen molar-refractivity contribution >= 4 is 11.7 Å². The van der Waals surface area contributed by atoms with Gasteiger partial charge in [0.25, 0.3) is 5.91 Å². The molecule has 1 amide bonds. The molecule has 0 radical (unpaired) electrons. The van der Waals surface area contributed by atoms with Gasteiger partial charge in [-0.25, -0.2) is 0 Å². The maximum Gasteiger partial charge on any atom is 0.271 e. The average molecular weight is 291 g/mol. The Balaban J connectivity index is 1.75. The standard InChI is InChI=1S/C15H25N5O/c1-12(11-20-8-4-3-5-9-20)10-17-14-7-6-13(18-19-14)15(21)16-2/h6-7,12H,3-5,8-11H2,1-2H3,(H,16,21)(H,17,19). The van der Waals surface area contributed by atoms with Gasteiger partial charge >= 0.3 is 0 Å². The summed E-state index contributed by atoms with van der Waals surface area (Å²) in [5.74, 6) is 1.06. The minimum atomic E-state index is -0.215. The Labute approximate surface area is 126 Å². The van der Waals surface area contributed by atoms with Gasteiger partial charge in [0.2, 0.25) is 0 Å². The van der Waals surface area contributed by atoms with E-state index in [2.05, 4.69) is 32.7 Å². The van der Waals surface area contributed by atoms with E-state index < -0.39 is 0 Å². The van der Waals surface area contributed by atoms with Crippen LogP contribution in [0.5, 0.6) is 0 Å². The maximum absolute atomic E-state index is 11.4. The molecule has 1 aliphatic rings. The van der Waals surface area contributed by atoms with E-state index in [1.165, 1.54) is 32.4 Å². The summed E-state index contributed by atoms with van der Waals surface area (Å²) in [4.78, 5) is 13.9. The van der Waals surface area contributed by atoms with E-state index in [1.807, 2.05) is 0 Å². The summed E-state index contributed by atoms with van der Waals surface area (Å²) in [5.41, 5.74) is 0.337. The maximum atomic E-state index is 11.4. The molecule has 0 saturated carbocycles. The normalized spacial score (nSPS) is 17.2. The van der Waals surface area contributed by atoms with Crippen LogP contribution in [0.15, 0.2) is 12.1 Å². The van der Waals surface area contributed by atoms with Gasteiger partial charge in [-0.2, -0.15) is 0 Å². The van der Waals surface area contributed by atoms with Crippen LogP contribution in [0.2, 0.25) is 0 Å². The Morgan fingerprint density at radius 2 is 2.05 bits per heavy atom. The van der Waals surface area contributed by atoms with Crippen molar-refractivity contribution in [3.63, 3.8) is 0 Å². The lowest BCUT2D eigenvalue weighted by molar-refractivity contribution is 0.0957. The highest BCUT2D eigenvalue weighted by atomic mass is 16.1. The van der Waals surface area contributed by atoms with Crippen molar-refractivity contribution in [1.29, 1.82) is 0 Å². The highest BCUT2D eigenvalue weighted by molar-refractivity contribution is 5.91. The predicted molar refractivity (Wildman–Crippen MR) is 83.4 cm³/mol. The van der Waals surface area contributed by atoms with Gasteiger partial charge in [-0.15, -0.1) is 10.2 Å². The molecule has 1 aromatic heterocycles. The summed E-state index contributed by atoms with van der Waals surface area (Å²) in [5, 5.41) is 13.8. The molecule has 6 nitrogen and oxygen atoms in total. The lowest BCUT2D eigenvalue weighted by atomic mass is 10.1. The minimum Gasteiger partial charge on any atom is -0.368 e. The predicted octanol–water partition coefficient (Wildman–Crippen LogP) is 1.37. The average Bonchev–Trinajstić information content (AvgIpc) is 2.53. The van der Waals surface area contributed by atoms with E-state index in [9.17, 15) is 4.79 Å². The molecular weight excluding hydrogens is 266 g/mol. The summed E-state index contributed by atoms with van der Waals surface area (Å²) in [7, 11) is 1.58. The first-order valence-electron chi connectivity index (χ1n) is 7.71. The Hall–Kier alpha value is -1.69. The molecule has 0 bridgehead atoms. The summed E-state index contributed by atoms with van der Waals surface area (Å²) in [6.45, 7) is 6.69. The molecule has 1 unspecified atom stereocenters. The van der Waals surface area contributed by atoms with Crippen molar-refractivity contribution in [1.82, 2.24) is 20.4 Å². The Kier molecular flexibility index (Phi) is 5.92. The van der Waals surface area contributed by atoms with Gasteiger partial charge in [0, 0.05) is 20.1 Å². The van der Waals surface area contributed by atoms with Crippen LogP contribution in [0.1, 0.15) is 36.7 Å². The van der Waals surface area contributed by atoms with Gasteiger partial charge < -0.3 is 15.5 Å². The lowest BCUT2D eigenvalue weighted by Crippen LogP contribution is -2.35. The third-order valence-corrected chi connectivity index (χ3v) is 3.77. The molecule has 2 N–H and O–H groups in total. The smallest absolute Gasteiger partial charge is 0.271 e. The summed E-state index contributed by atoms with van der Waals surface area (Å²) < 4.78 is 0. The van der Waals surface area contributed by atoms with Crippen molar-refractivity contribution in [3.05, 3.63) is 17.8 Å². The van der Waals surface area contributed by atoms with Gasteiger partial charge in [0.05, 0.1) is 0 Å². The second-order valence-electron chi connectivity index (χ2n) is 5.73. The van der Waals surface area contributed by atoms with E-state index in [1.54, 1.807) is 19.2 Å². The molecule has 1 aromatic rings. The van der Waals surface area contributed by atoms with Gasteiger partial charge in [-0.3, -0.25) is 4.79 Å². The Morgan fingerprint density at radius 3 is 2.67 bits per heavy atom. The van der Waals surface area contributed by atoms with Crippen LogP contribution >= 0.6 is 0 Å². The molecule has 0 aliphatic carbocycles. The lowest BCUT2D eigenvalue weighted by Gasteiger charge is -2.29. The zero-order valence-corrected chi connectivity index (χ0v) is 12.9. The highest BCUT2D eigenvalue weighted by Crippen LogP contribution is 2.11. The van der Waals surface area contributed by atoms with Crippen LogP contribution in [0.25, 0.3) is 0 Å². The Bertz CT molecular complexity index is 442. The quantitative estimate of drug-likeness (QED) is 0.828. The van der Waals surface area contributed by atoms with E-state index in [0.717, 1.165) is 13.1 Å². The number of nitrogens with one attached hydrogen (secondary N) is 2. The number of carbonyl (C=O) groups excluding carboxylic acids is 1. The van der Waals surface area contributed by atoms with E-state index >= 15 is 0 Å². The number of hydrogen-bond acceptors (Lipinski definition) is 5. The number of nitrogens with zero attached hydrogens (tertiary/aromatic N) is 3. The first-order chi connectivity index (χ1) is 10.2. The number of anilines is 1. The molecule has 6 heteroatoms. The van der Waals surface area contributed by atoms with Gasteiger partial charge in [0.1, 0.15) is 5.82 Å². The van der Waals surface area contributed by atoms with E-state index in [4.69, 9.17) is 0 Å². The zero-order chi connectivity index (χ0) is 15.1. The number of likely N-dealkylation sites (tertiary alicyclic amines) is 1. The van der Waals surface area contributed by atoms with Crippen molar-refractivity contribution in [3.8, 4) is 0 Å². The molecular formula is C15H25N5O. The second-order valence-corrected chi connectivity index (χ2v) is 5.73. The number of carbonyl (C=O) groups is 1. The fraction of sp³-hybridized carbons (Fsp3) is 0.667. The summed E-state index contributed by atoms with van der Waals surface area (Å²) >= 11 is 0. The third-order valence-electron chi connectivity index (χ3n) is 3.77. The summed E-state index contributed by atoms with van der Waals surface area (Å²) in [6.07, 6.45) is 4.02. The number of aromatic nitrogens is 2. The zero-order valence-electron chi connectivity index (χ0n) is 12.9. The van der Waals surface area contributed by atoms with Crippen molar-refractivity contribution in [2.24, 2.45) is 5.92 Å². The molecule has 1 fully saturated rings. The third kappa shape index (κ3) is 4.97. The molecule has 2 rings (SSSR count). The van der Waals surface area contributed by atoms with Crippen LogP contribution in [-0.2, 0) is 0 Å². The number of piperidine rings is 1. The molecule has 1 saturated heterocycles. The van der Waals surface area contributed by atoms with Crippen molar-refractivity contribution in [2.45, 2.75) is 26.2 Å². The molecule has 2 heterocycles. The highest BCUT2D eigenvalue weighted by Gasteiger charge is 2.13. The van der Waals surface area contributed by atoms with Crippen LogP contribution in [0, 0.1) is 5.92 Å². The number of hydrogen-bond donors (Lipinski definition) is 2. The van der Waals surface area contributed by atoms with Crippen molar-refractivity contribution < 1.29 is 4.79 Å². The Morgan fingerprint density at radius 1 is 1.29 bits per heavy atom. The molecule has 0 spiro atoms. The molecule has 21 heavy (non-hydrogen) atoms. The molecule has 0 aromatic carbocycles. The second kappa shape index (κ2) is 7.93. The monoisotopic (exact) mass is 291 g/mol. The van der Waals surface area contributed by atoms with Gasteiger partial charge in [-0.05, 0) is 44.0 Å². The molecule has 116 valence electrons. The molecule has 1 atom stereocenters. The first kappa shape index (κ1) is 15.7. The molecule has 1 aliphatic heterocycles. The summed E-state index contributed by atoms with van der Waals surface area (Å²) in [6, 6.07) is 3.48. The first-order valence-corrected chi connectivity index (χ1v) is 7.71. The van der Waals surface area contributed by atoms with Crippen LogP contribution in [0.3, 0.4) is 0 Å². The number of amides is 1. The van der Waals surface area contributed by atoms with Crippen molar-refractivity contribution in [2.75, 3.05) is 38.5 Å². The minimum absolute atomic E-state index is 0.215. The van der Waals surface area contributed by atoms with E-state index in [0.29, 0.717) is 17.4 Å². The number of rotatable bonds is 6. The van der Waals surface area contributed by atoms with E-state index in [-0.39, 0.29) is 5.91 Å². The van der Waals surface area contributed by atoms with Crippen LogP contribution in [-0.4, -0.2) is 54.2 Å². The topological polar surface area (TPSA) is 70.2 Å². The SMILES string of the molecule is CNC(=O)c1ccc(NCC(C)CN2CCCCC2)nn1.